The van der Waals surface area contributed by atoms with Crippen molar-refractivity contribution in [2.75, 3.05) is 6.61 Å². The van der Waals surface area contributed by atoms with Gasteiger partial charge in [-0.2, -0.15) is 0 Å². The lowest BCUT2D eigenvalue weighted by Crippen LogP contribution is -2.61. The van der Waals surface area contributed by atoms with Crippen LogP contribution in [0.5, 0.6) is 80.5 Å². The number of phenols is 10. The van der Waals surface area contributed by atoms with Crippen LogP contribution in [0.4, 0.5) is 0 Å². The Morgan fingerprint density at radius 1 is 0.630 bits per heavy atom. The molecule has 0 unspecified atom stereocenters. The van der Waals surface area contributed by atoms with Gasteiger partial charge in [0.1, 0.15) is 18.8 Å². The highest BCUT2D eigenvalue weighted by Gasteiger charge is 2.51. The molecule has 3 aliphatic heterocycles. The number of benzene rings is 4. The highest BCUT2D eigenvalue weighted by molar-refractivity contribution is 6.09. The molecule has 5 atom stereocenters. The molecule has 0 aromatic heterocycles. The average Bonchev–Trinajstić information content (AvgIpc) is 3.14. The number of ether oxygens (including phenoxy) is 6. The minimum atomic E-state index is -2.22. The molecule has 54 heavy (non-hydrogen) atoms. The van der Waals surface area contributed by atoms with E-state index in [0.29, 0.717) is 24.3 Å². The molecule has 21 nitrogen and oxygen atoms in total. The standard InChI is InChI=1S/C33H24O21/c34-10-1-7(2-11(35)19(10)39)30(45)54-29-24(44)33(48)51-16-6-49-31(46)9-4-14(38)25-28(50-15-5-13(37)21(41)23(43)26(15)52-25)18(9)17-8(32(47)53-27(16)29)3-12(36)20(40)22(17)42/h1-5,16,24,27,29,33-44,48H,6H2/t16-,24-,27-,29-,33-/m1/s1. The number of aliphatic hydroxyl groups is 2. The van der Waals surface area contributed by atoms with Crippen LogP contribution in [0.1, 0.15) is 31.1 Å². The molecule has 4 aromatic carbocycles. The van der Waals surface area contributed by atoms with Crippen molar-refractivity contribution in [2.45, 2.75) is 30.7 Å². The first kappa shape index (κ1) is 35.2. The fraction of sp³-hybridized carbons (Fsp3) is 0.182. The minimum Gasteiger partial charge on any atom is -0.504 e. The molecular formula is C33H24O21. The van der Waals surface area contributed by atoms with Crippen molar-refractivity contribution < 1.29 is 104 Å². The topological polar surface area (TPSA) is 349 Å². The van der Waals surface area contributed by atoms with Crippen molar-refractivity contribution in [1.29, 1.82) is 0 Å². The highest BCUT2D eigenvalue weighted by Crippen LogP contribution is 2.61. The quantitative estimate of drug-likeness (QED) is 0.0686. The molecule has 0 bridgehead atoms. The van der Waals surface area contributed by atoms with Crippen LogP contribution in [0.2, 0.25) is 0 Å². The summed E-state index contributed by atoms with van der Waals surface area (Å²) < 4.78 is 32.8. The number of hydrogen-bond donors (Lipinski definition) is 12. The molecule has 3 aliphatic rings. The van der Waals surface area contributed by atoms with E-state index in [1.54, 1.807) is 0 Å². The van der Waals surface area contributed by atoms with Crippen molar-refractivity contribution in [3.8, 4) is 91.6 Å². The smallest absolute Gasteiger partial charge is 0.339 e. The van der Waals surface area contributed by atoms with Crippen LogP contribution in [0.25, 0.3) is 11.1 Å². The predicted octanol–water partition coefficient (Wildman–Crippen LogP) is 1.31. The molecule has 21 heteroatoms. The third-order valence-electron chi connectivity index (χ3n) is 8.55. The zero-order chi connectivity index (χ0) is 39.1. The fourth-order valence-electron chi connectivity index (χ4n) is 5.94. The van der Waals surface area contributed by atoms with Gasteiger partial charge in [0, 0.05) is 17.2 Å². The second kappa shape index (κ2) is 12.5. The Hall–Kier alpha value is -7.23. The molecule has 1 saturated heterocycles. The maximum absolute atomic E-state index is 14.1. The summed E-state index contributed by atoms with van der Waals surface area (Å²) in [6.07, 6.45) is -10.4. The average molecular weight is 757 g/mol. The normalized spacial score (nSPS) is 21.6. The number of phenolic OH excluding ortho intramolecular Hbond substituents is 10. The summed E-state index contributed by atoms with van der Waals surface area (Å²) in [5.41, 5.74) is -3.82. The first-order valence-electron chi connectivity index (χ1n) is 15.2. The molecule has 0 radical (unpaired) electrons. The van der Waals surface area contributed by atoms with Gasteiger partial charge in [-0.3, -0.25) is 0 Å². The van der Waals surface area contributed by atoms with Crippen LogP contribution >= 0.6 is 0 Å². The van der Waals surface area contributed by atoms with Gasteiger partial charge in [0.25, 0.3) is 0 Å². The fourth-order valence-corrected chi connectivity index (χ4v) is 5.94. The molecule has 4 aromatic rings. The Balaban J connectivity index is 1.39. The number of hydrogen-bond acceptors (Lipinski definition) is 21. The number of carbonyl (C=O) groups is 3. The predicted molar refractivity (Wildman–Crippen MR) is 167 cm³/mol. The summed E-state index contributed by atoms with van der Waals surface area (Å²) in [5, 5.41) is 124. The second-order valence-corrected chi connectivity index (χ2v) is 11.9. The molecule has 7 rings (SSSR count). The van der Waals surface area contributed by atoms with Gasteiger partial charge in [-0.05, 0) is 24.3 Å². The maximum Gasteiger partial charge on any atom is 0.339 e. The number of cyclic esters (lactones) is 1. The van der Waals surface area contributed by atoms with Gasteiger partial charge in [-0.1, -0.05) is 0 Å². The van der Waals surface area contributed by atoms with Gasteiger partial charge in [-0.15, -0.1) is 0 Å². The number of aliphatic hydroxyl groups excluding tert-OH is 2. The van der Waals surface area contributed by atoms with E-state index in [-0.39, 0.29) is 0 Å². The summed E-state index contributed by atoms with van der Waals surface area (Å²) >= 11 is 0. The first-order valence-corrected chi connectivity index (χ1v) is 15.2. The lowest BCUT2D eigenvalue weighted by Gasteiger charge is -2.41. The van der Waals surface area contributed by atoms with Crippen LogP contribution in [0.3, 0.4) is 0 Å². The van der Waals surface area contributed by atoms with E-state index in [1.807, 2.05) is 0 Å². The summed E-state index contributed by atoms with van der Waals surface area (Å²) in [5.74, 6) is -17.6. The van der Waals surface area contributed by atoms with E-state index in [2.05, 4.69) is 0 Å². The van der Waals surface area contributed by atoms with Gasteiger partial charge in [0.2, 0.25) is 28.7 Å². The Bertz CT molecular complexity index is 2280. The number of carbonyl (C=O) groups excluding carboxylic acids is 3. The molecule has 0 aliphatic carbocycles. The van der Waals surface area contributed by atoms with Gasteiger partial charge in [0.05, 0.1) is 16.7 Å². The minimum absolute atomic E-state index is 0.555. The van der Waals surface area contributed by atoms with Gasteiger partial charge in [-0.25, -0.2) is 14.4 Å². The second-order valence-electron chi connectivity index (χ2n) is 11.9. The van der Waals surface area contributed by atoms with Crippen molar-refractivity contribution in [1.82, 2.24) is 0 Å². The van der Waals surface area contributed by atoms with E-state index in [1.165, 1.54) is 0 Å². The number of rotatable bonds is 2. The maximum atomic E-state index is 14.1. The first-order chi connectivity index (χ1) is 25.5. The van der Waals surface area contributed by atoms with Crippen molar-refractivity contribution in [3.05, 3.63) is 47.0 Å². The van der Waals surface area contributed by atoms with E-state index in [4.69, 9.17) is 28.4 Å². The Kier molecular flexibility index (Phi) is 8.13. The monoisotopic (exact) mass is 756 g/mol. The highest BCUT2D eigenvalue weighted by atomic mass is 16.7. The largest absolute Gasteiger partial charge is 0.504 e. The van der Waals surface area contributed by atoms with Crippen LogP contribution in [0.15, 0.2) is 30.3 Å². The summed E-state index contributed by atoms with van der Waals surface area (Å²) in [6, 6.07) is 3.32. The lowest BCUT2D eigenvalue weighted by atomic mass is 9.91. The molecule has 0 spiro atoms. The molecule has 0 amide bonds. The van der Waals surface area contributed by atoms with Crippen molar-refractivity contribution in [2.24, 2.45) is 0 Å². The molecule has 1 fully saturated rings. The Labute approximate surface area is 298 Å². The molecule has 3 heterocycles. The van der Waals surface area contributed by atoms with E-state index in [0.717, 1.165) is 6.07 Å². The van der Waals surface area contributed by atoms with Crippen LogP contribution < -0.4 is 9.47 Å². The zero-order valence-corrected chi connectivity index (χ0v) is 26.5. The summed E-state index contributed by atoms with van der Waals surface area (Å²) in [7, 11) is 0. The third-order valence-corrected chi connectivity index (χ3v) is 8.55. The van der Waals surface area contributed by atoms with Crippen molar-refractivity contribution >= 4 is 17.9 Å². The van der Waals surface area contributed by atoms with Crippen molar-refractivity contribution in [3.63, 3.8) is 0 Å². The summed E-state index contributed by atoms with van der Waals surface area (Å²) in [4.78, 5) is 41.0. The molecule has 282 valence electrons. The number of esters is 3. The number of fused-ring (bicyclic) bond motifs is 7. The molecule has 0 saturated carbocycles. The molecule has 12 N–H and O–H groups in total. The molecular weight excluding hydrogens is 732 g/mol. The number of aromatic hydroxyl groups is 10. The van der Waals surface area contributed by atoms with E-state index < -0.39 is 164 Å². The SMILES string of the molecule is O=C(O[C@@H]1[C@@H](O)[C@H](O)O[C@@H]2COC(=O)c3cc(O)c4c(c3-c3c(cc(O)c(O)c3O)C(=O)O[C@@H]12)Oc1cc(O)c(O)c(O)c1O4)c1cc(O)c(O)c(O)c1. The van der Waals surface area contributed by atoms with Crippen LogP contribution in [0, 0.1) is 0 Å². The van der Waals surface area contributed by atoms with E-state index in [9.17, 15) is 75.7 Å². The van der Waals surface area contributed by atoms with Gasteiger partial charge < -0.3 is 89.7 Å². The van der Waals surface area contributed by atoms with Crippen LogP contribution in [-0.4, -0.2) is 116 Å². The third kappa shape index (κ3) is 5.42. The lowest BCUT2D eigenvalue weighted by molar-refractivity contribution is -0.285. The summed E-state index contributed by atoms with van der Waals surface area (Å²) in [6.45, 7) is -0.979. The Morgan fingerprint density at radius 2 is 1.22 bits per heavy atom. The zero-order valence-electron chi connectivity index (χ0n) is 26.5. The van der Waals surface area contributed by atoms with E-state index >= 15 is 0 Å². The van der Waals surface area contributed by atoms with Gasteiger partial charge in [0.15, 0.2) is 70.2 Å². The van der Waals surface area contributed by atoms with Gasteiger partial charge >= 0.3 is 17.9 Å². The Morgan fingerprint density at radius 3 is 1.91 bits per heavy atom. The van der Waals surface area contributed by atoms with Crippen LogP contribution in [-0.2, 0) is 18.9 Å².